The molecule has 3 nitrogen and oxygen atoms in total. The van der Waals surface area contributed by atoms with Gasteiger partial charge in [0.1, 0.15) is 11.2 Å². The number of benzene rings is 8. The highest BCUT2D eigenvalue weighted by molar-refractivity contribution is 6.16. The minimum Gasteiger partial charge on any atom is -0.455 e. The summed E-state index contributed by atoms with van der Waals surface area (Å²) >= 11 is 0. The van der Waals surface area contributed by atoms with Crippen molar-refractivity contribution in [1.82, 2.24) is 9.97 Å². The van der Waals surface area contributed by atoms with Crippen LogP contribution in [0.15, 0.2) is 199 Å². The molecule has 12 rings (SSSR count). The fraction of sp³-hybridized carbons (Fsp3) is 0.0189. The minimum absolute atomic E-state index is 0.429. The third-order valence-electron chi connectivity index (χ3n) is 11.9. The van der Waals surface area contributed by atoms with Crippen LogP contribution in [0.3, 0.4) is 0 Å². The van der Waals surface area contributed by atoms with Crippen LogP contribution in [0.5, 0.6) is 0 Å². The Balaban J connectivity index is 1.11. The lowest BCUT2D eigenvalue weighted by atomic mass is 9.70. The summed E-state index contributed by atoms with van der Waals surface area (Å²) in [5, 5.41) is 2.05. The van der Waals surface area contributed by atoms with Gasteiger partial charge >= 0.3 is 0 Å². The van der Waals surface area contributed by atoms with Crippen molar-refractivity contribution in [3.05, 3.63) is 216 Å². The third kappa shape index (κ3) is 4.28. The predicted molar refractivity (Wildman–Crippen MR) is 227 cm³/mol. The lowest BCUT2D eigenvalue weighted by molar-refractivity contribution is 0.670. The lowest BCUT2D eigenvalue weighted by Crippen LogP contribution is -2.25. The first-order valence-electron chi connectivity index (χ1n) is 19.2. The van der Waals surface area contributed by atoms with Crippen molar-refractivity contribution in [2.75, 3.05) is 0 Å². The quantitative estimate of drug-likeness (QED) is 0.182. The molecule has 0 fully saturated rings. The molecule has 0 bridgehead atoms. The largest absolute Gasteiger partial charge is 0.455 e. The van der Waals surface area contributed by atoms with Gasteiger partial charge in [-0.2, -0.15) is 0 Å². The topological polar surface area (TPSA) is 38.9 Å². The average molecular weight is 713 g/mol. The Bertz CT molecular complexity index is 3080. The van der Waals surface area contributed by atoms with E-state index in [2.05, 4.69) is 176 Å². The molecule has 0 amide bonds. The number of nitrogens with zero attached hydrogens (tertiary/aromatic N) is 2. The van der Waals surface area contributed by atoms with Gasteiger partial charge in [-0.25, -0.2) is 9.97 Å². The maximum absolute atomic E-state index is 6.89. The first kappa shape index (κ1) is 31.0. The van der Waals surface area contributed by atoms with Crippen LogP contribution in [-0.4, -0.2) is 9.97 Å². The summed E-state index contributed by atoms with van der Waals surface area (Å²) in [6.07, 6.45) is 0. The molecule has 8 aromatic carbocycles. The summed E-state index contributed by atoms with van der Waals surface area (Å²) in [5.74, 6) is 0.663. The molecule has 2 heterocycles. The number of fused-ring (bicyclic) bond motifs is 13. The van der Waals surface area contributed by atoms with E-state index in [9.17, 15) is 0 Å². The zero-order valence-electron chi connectivity index (χ0n) is 30.3. The van der Waals surface area contributed by atoms with E-state index in [0.29, 0.717) is 5.82 Å². The molecule has 2 aliphatic rings. The van der Waals surface area contributed by atoms with Gasteiger partial charge in [-0.3, -0.25) is 0 Å². The maximum Gasteiger partial charge on any atom is 0.161 e. The number of aromatic nitrogens is 2. The van der Waals surface area contributed by atoms with E-state index in [1.54, 1.807) is 0 Å². The molecule has 0 aliphatic heterocycles. The lowest BCUT2D eigenvalue weighted by Gasteiger charge is -2.30. The zero-order chi connectivity index (χ0) is 36.8. The van der Waals surface area contributed by atoms with Gasteiger partial charge in [-0.15, -0.1) is 0 Å². The number of furan rings is 1. The summed E-state index contributed by atoms with van der Waals surface area (Å²) in [6.45, 7) is 0. The first-order valence-corrected chi connectivity index (χ1v) is 19.2. The van der Waals surface area contributed by atoms with Crippen molar-refractivity contribution >= 4 is 21.9 Å². The van der Waals surface area contributed by atoms with Crippen molar-refractivity contribution in [3.8, 4) is 67.3 Å². The van der Waals surface area contributed by atoms with Gasteiger partial charge in [-0.05, 0) is 80.4 Å². The Morgan fingerprint density at radius 1 is 0.357 bits per heavy atom. The number of rotatable bonds is 4. The van der Waals surface area contributed by atoms with Gasteiger partial charge in [-0.1, -0.05) is 164 Å². The maximum atomic E-state index is 6.89. The fourth-order valence-corrected chi connectivity index (χ4v) is 9.59. The number of hydrogen-bond donors (Lipinski definition) is 0. The van der Waals surface area contributed by atoms with Gasteiger partial charge < -0.3 is 4.42 Å². The van der Waals surface area contributed by atoms with Crippen molar-refractivity contribution in [2.24, 2.45) is 0 Å². The molecule has 56 heavy (non-hydrogen) atoms. The smallest absolute Gasteiger partial charge is 0.161 e. The van der Waals surface area contributed by atoms with Crippen molar-refractivity contribution in [1.29, 1.82) is 0 Å². The van der Waals surface area contributed by atoms with Crippen LogP contribution in [0.25, 0.3) is 89.2 Å². The Hall–Kier alpha value is -7.36. The van der Waals surface area contributed by atoms with Gasteiger partial charge in [0, 0.05) is 33.0 Å². The molecule has 2 aromatic heterocycles. The molecule has 1 spiro atoms. The number of para-hydroxylation sites is 1. The fourth-order valence-electron chi connectivity index (χ4n) is 9.59. The molecular formula is C53H32N2O. The van der Waals surface area contributed by atoms with Crippen LogP contribution in [0.4, 0.5) is 0 Å². The molecule has 0 saturated carbocycles. The monoisotopic (exact) mass is 712 g/mol. The zero-order valence-corrected chi connectivity index (χ0v) is 30.3. The molecular weight excluding hydrogens is 681 g/mol. The van der Waals surface area contributed by atoms with Crippen LogP contribution in [-0.2, 0) is 5.41 Å². The number of hydrogen-bond acceptors (Lipinski definition) is 3. The van der Waals surface area contributed by atoms with E-state index in [1.807, 2.05) is 18.2 Å². The molecule has 260 valence electrons. The normalized spacial score (nSPS) is 13.1. The molecule has 0 saturated heterocycles. The molecule has 0 N–H and O–H groups in total. The van der Waals surface area contributed by atoms with E-state index >= 15 is 0 Å². The second-order valence-corrected chi connectivity index (χ2v) is 14.8. The molecule has 3 heteroatoms. The highest BCUT2D eigenvalue weighted by Crippen LogP contribution is 2.63. The van der Waals surface area contributed by atoms with Crippen molar-refractivity contribution < 1.29 is 4.42 Å². The molecule has 0 unspecified atom stereocenters. The first-order chi connectivity index (χ1) is 27.8. The van der Waals surface area contributed by atoms with Crippen LogP contribution in [0.1, 0.15) is 22.3 Å². The van der Waals surface area contributed by atoms with Crippen LogP contribution < -0.4 is 0 Å². The summed E-state index contributed by atoms with van der Waals surface area (Å²) in [6, 6.07) is 69.4. The summed E-state index contributed by atoms with van der Waals surface area (Å²) < 4.78 is 6.89. The molecule has 10 aromatic rings. The van der Waals surface area contributed by atoms with E-state index in [1.165, 1.54) is 44.5 Å². The third-order valence-corrected chi connectivity index (χ3v) is 11.9. The van der Waals surface area contributed by atoms with Gasteiger partial charge in [0.05, 0.1) is 16.8 Å². The van der Waals surface area contributed by atoms with Crippen molar-refractivity contribution in [2.45, 2.75) is 5.41 Å². The molecule has 0 radical (unpaired) electrons. The second-order valence-electron chi connectivity index (χ2n) is 14.8. The van der Waals surface area contributed by atoms with E-state index in [4.69, 9.17) is 14.4 Å². The molecule has 0 atom stereocenters. The Morgan fingerprint density at radius 3 is 1.45 bits per heavy atom. The Morgan fingerprint density at radius 2 is 0.839 bits per heavy atom. The molecule has 2 aliphatic carbocycles. The summed E-state index contributed by atoms with van der Waals surface area (Å²) in [4.78, 5) is 10.5. The summed E-state index contributed by atoms with van der Waals surface area (Å²) in [5.41, 5.74) is 18.6. The standard InChI is InChI=1S/C53H32N2O/c1-3-15-33(16-4-1)47-32-48(34-17-5-2-6-18-34)55-52(54-47)42-30-29-36(51-50(42)41-22-10-14-26-49(41)56-51)35-27-28-40-39-21-9-13-25-45(39)53(46(40)31-35)43-23-11-7-19-37(43)38-20-8-12-24-44(38)53/h1-32H. The summed E-state index contributed by atoms with van der Waals surface area (Å²) in [7, 11) is 0. The highest BCUT2D eigenvalue weighted by atomic mass is 16.3. The second kappa shape index (κ2) is 11.8. The van der Waals surface area contributed by atoms with Crippen LogP contribution >= 0.6 is 0 Å². The van der Waals surface area contributed by atoms with Crippen LogP contribution in [0, 0.1) is 0 Å². The van der Waals surface area contributed by atoms with Crippen molar-refractivity contribution in [3.63, 3.8) is 0 Å². The Kier molecular flexibility index (Phi) is 6.55. The average Bonchev–Trinajstić information content (AvgIpc) is 3.91. The Labute approximate surface area is 324 Å². The van der Waals surface area contributed by atoms with Gasteiger partial charge in [0.25, 0.3) is 0 Å². The van der Waals surface area contributed by atoms with Gasteiger partial charge in [0.2, 0.25) is 0 Å². The predicted octanol–water partition coefficient (Wildman–Crippen LogP) is 13.4. The van der Waals surface area contributed by atoms with Gasteiger partial charge in [0.15, 0.2) is 5.82 Å². The SMILES string of the molecule is c1ccc(-c2cc(-c3ccccc3)nc(-c3ccc(-c4ccc5c(c4)C4(c6ccccc6-c6ccccc64)c4ccccc4-5)c4oc5ccccc5c34)n2)cc1. The highest BCUT2D eigenvalue weighted by Gasteiger charge is 2.51. The van der Waals surface area contributed by atoms with E-state index < -0.39 is 5.41 Å². The van der Waals surface area contributed by atoms with Crippen LogP contribution in [0.2, 0.25) is 0 Å². The van der Waals surface area contributed by atoms with E-state index in [-0.39, 0.29) is 0 Å². The minimum atomic E-state index is -0.429. The van der Waals surface area contributed by atoms with E-state index in [0.717, 1.165) is 61.1 Å².